The number of carbonyl (C=O) groups excluding carboxylic acids is 2. The fourth-order valence-electron chi connectivity index (χ4n) is 3.42. The number of anilines is 1. The topological polar surface area (TPSA) is 68.4 Å². The highest BCUT2D eigenvalue weighted by Crippen LogP contribution is 2.18. The van der Waals surface area contributed by atoms with Crippen LogP contribution in [0.5, 0.6) is 0 Å². The maximum absolute atomic E-state index is 12.8. The third kappa shape index (κ3) is 4.20. The number of fused-ring (bicyclic) bond motifs is 1. The second-order valence-corrected chi connectivity index (χ2v) is 8.03. The molecule has 4 rings (SSSR count). The molecular formula is C21H21IN4O2. The molecule has 1 saturated heterocycles. The number of aromatic amines is 1. The van der Waals surface area contributed by atoms with Gasteiger partial charge in [0, 0.05) is 40.7 Å². The van der Waals surface area contributed by atoms with Gasteiger partial charge in [-0.25, -0.2) is 0 Å². The van der Waals surface area contributed by atoms with Crippen LogP contribution < -0.4 is 5.32 Å². The number of piperazine rings is 1. The second-order valence-electron chi connectivity index (χ2n) is 6.87. The van der Waals surface area contributed by atoms with Crippen LogP contribution in [0.3, 0.4) is 0 Å². The van der Waals surface area contributed by atoms with Crippen LogP contribution in [-0.2, 0) is 4.79 Å². The molecule has 1 aromatic heterocycles. The van der Waals surface area contributed by atoms with E-state index in [1.165, 1.54) is 0 Å². The SMILES string of the molecule is O=C(CN1CCN(C(=O)c2cc3ccccc3[nH]2)CC1)Nc1ccccc1I. The monoisotopic (exact) mass is 488 g/mol. The number of halogens is 1. The molecule has 2 heterocycles. The number of aromatic nitrogens is 1. The Hall–Kier alpha value is -2.39. The Balaban J connectivity index is 1.31. The summed E-state index contributed by atoms with van der Waals surface area (Å²) in [6.07, 6.45) is 0. The van der Waals surface area contributed by atoms with E-state index in [9.17, 15) is 9.59 Å². The van der Waals surface area contributed by atoms with Crippen LogP contribution in [0.4, 0.5) is 5.69 Å². The molecule has 0 radical (unpaired) electrons. The first-order valence-electron chi connectivity index (χ1n) is 9.24. The molecule has 7 heteroatoms. The quantitative estimate of drug-likeness (QED) is 0.555. The Morgan fingerprint density at radius 3 is 2.46 bits per heavy atom. The van der Waals surface area contributed by atoms with Crippen LogP contribution in [0.25, 0.3) is 10.9 Å². The first-order chi connectivity index (χ1) is 13.6. The summed E-state index contributed by atoms with van der Waals surface area (Å²) in [6, 6.07) is 17.5. The van der Waals surface area contributed by atoms with Crippen molar-refractivity contribution in [3.05, 3.63) is 63.9 Å². The Morgan fingerprint density at radius 2 is 1.71 bits per heavy atom. The van der Waals surface area contributed by atoms with Crippen molar-refractivity contribution in [3.63, 3.8) is 0 Å². The molecule has 0 spiro atoms. The number of hydrogen-bond donors (Lipinski definition) is 2. The number of carbonyl (C=O) groups is 2. The Morgan fingerprint density at radius 1 is 1.00 bits per heavy atom. The van der Waals surface area contributed by atoms with E-state index in [1.54, 1.807) is 0 Å². The summed E-state index contributed by atoms with van der Waals surface area (Å²) in [4.78, 5) is 32.2. The maximum Gasteiger partial charge on any atom is 0.270 e. The highest BCUT2D eigenvalue weighted by molar-refractivity contribution is 14.1. The van der Waals surface area contributed by atoms with E-state index >= 15 is 0 Å². The van der Waals surface area contributed by atoms with E-state index in [2.05, 4.69) is 37.8 Å². The maximum atomic E-state index is 12.8. The number of nitrogens with one attached hydrogen (secondary N) is 2. The van der Waals surface area contributed by atoms with Gasteiger partial charge in [-0.05, 0) is 46.9 Å². The molecule has 1 aliphatic rings. The van der Waals surface area contributed by atoms with Gasteiger partial charge in [-0.3, -0.25) is 14.5 Å². The summed E-state index contributed by atoms with van der Waals surface area (Å²) in [5.41, 5.74) is 2.42. The van der Waals surface area contributed by atoms with E-state index in [1.807, 2.05) is 59.5 Å². The zero-order valence-corrected chi connectivity index (χ0v) is 17.5. The first-order valence-corrected chi connectivity index (χ1v) is 10.3. The fraction of sp³-hybridized carbons (Fsp3) is 0.238. The van der Waals surface area contributed by atoms with Gasteiger partial charge in [-0.15, -0.1) is 0 Å². The molecule has 144 valence electrons. The smallest absolute Gasteiger partial charge is 0.270 e. The largest absolute Gasteiger partial charge is 0.351 e. The predicted molar refractivity (Wildman–Crippen MR) is 118 cm³/mol. The summed E-state index contributed by atoms with van der Waals surface area (Å²) in [5, 5.41) is 4.00. The minimum atomic E-state index is -0.0282. The van der Waals surface area contributed by atoms with Crippen LogP contribution in [0.15, 0.2) is 54.6 Å². The Bertz CT molecular complexity index is 975. The molecule has 1 fully saturated rings. The third-order valence-electron chi connectivity index (χ3n) is 4.94. The number of para-hydroxylation sites is 2. The molecule has 2 N–H and O–H groups in total. The van der Waals surface area contributed by atoms with Crippen LogP contribution in [0, 0.1) is 3.57 Å². The van der Waals surface area contributed by atoms with Crippen LogP contribution in [-0.4, -0.2) is 59.3 Å². The van der Waals surface area contributed by atoms with Gasteiger partial charge in [-0.2, -0.15) is 0 Å². The van der Waals surface area contributed by atoms with Crippen molar-refractivity contribution in [1.29, 1.82) is 0 Å². The van der Waals surface area contributed by atoms with Crippen molar-refractivity contribution < 1.29 is 9.59 Å². The molecule has 1 aliphatic heterocycles. The summed E-state index contributed by atoms with van der Waals surface area (Å²) in [5.74, 6) is -0.0151. The van der Waals surface area contributed by atoms with Gasteiger partial charge in [0.05, 0.1) is 12.2 Å². The number of rotatable bonds is 4. The van der Waals surface area contributed by atoms with Crippen molar-refractivity contribution in [1.82, 2.24) is 14.8 Å². The minimum absolute atomic E-state index is 0.0131. The van der Waals surface area contributed by atoms with Crippen LogP contribution in [0.2, 0.25) is 0 Å². The van der Waals surface area contributed by atoms with Crippen LogP contribution in [0.1, 0.15) is 10.5 Å². The average Bonchev–Trinajstić information content (AvgIpc) is 3.14. The lowest BCUT2D eigenvalue weighted by Crippen LogP contribution is -2.50. The lowest BCUT2D eigenvalue weighted by atomic mass is 10.2. The Kier molecular flexibility index (Phi) is 5.63. The molecule has 2 aromatic carbocycles. The molecule has 0 bridgehead atoms. The average molecular weight is 488 g/mol. The number of nitrogens with zero attached hydrogens (tertiary/aromatic N) is 2. The van der Waals surface area contributed by atoms with Gasteiger partial charge >= 0.3 is 0 Å². The molecule has 0 saturated carbocycles. The summed E-state index contributed by atoms with van der Waals surface area (Å²) >= 11 is 2.21. The van der Waals surface area contributed by atoms with E-state index in [0.717, 1.165) is 20.2 Å². The van der Waals surface area contributed by atoms with Gasteiger partial charge in [0.2, 0.25) is 5.91 Å². The number of H-pyrrole nitrogens is 1. The second kappa shape index (κ2) is 8.32. The number of benzene rings is 2. The lowest BCUT2D eigenvalue weighted by molar-refractivity contribution is -0.117. The summed E-state index contributed by atoms with van der Waals surface area (Å²) in [7, 11) is 0. The fourth-order valence-corrected chi connectivity index (χ4v) is 3.95. The predicted octanol–water partition coefficient (Wildman–Crippen LogP) is 3.17. The van der Waals surface area contributed by atoms with Crippen molar-refractivity contribution in [3.8, 4) is 0 Å². The molecule has 0 atom stereocenters. The molecule has 3 aromatic rings. The van der Waals surface area contributed by atoms with Crippen molar-refractivity contribution >= 4 is 51.0 Å². The number of hydrogen-bond acceptors (Lipinski definition) is 3. The van der Waals surface area contributed by atoms with Crippen molar-refractivity contribution in [2.24, 2.45) is 0 Å². The molecular weight excluding hydrogens is 467 g/mol. The van der Waals surface area contributed by atoms with E-state index in [4.69, 9.17) is 0 Å². The van der Waals surface area contributed by atoms with Gasteiger partial charge in [0.1, 0.15) is 5.69 Å². The van der Waals surface area contributed by atoms with Gasteiger partial charge < -0.3 is 15.2 Å². The summed E-state index contributed by atoms with van der Waals surface area (Å²) in [6.45, 7) is 2.94. The normalized spacial score (nSPS) is 15.0. The lowest BCUT2D eigenvalue weighted by Gasteiger charge is -2.34. The first kappa shape index (κ1) is 18.9. The zero-order valence-electron chi connectivity index (χ0n) is 15.3. The van der Waals surface area contributed by atoms with E-state index in [0.29, 0.717) is 38.4 Å². The standard InChI is InChI=1S/C21H21IN4O2/c22-16-6-2-4-8-18(16)24-20(27)14-25-9-11-26(12-10-25)21(28)19-13-15-5-1-3-7-17(15)23-19/h1-8,13,23H,9-12,14H2,(H,24,27). The minimum Gasteiger partial charge on any atom is -0.351 e. The molecule has 6 nitrogen and oxygen atoms in total. The Labute approximate surface area is 177 Å². The van der Waals surface area contributed by atoms with Crippen molar-refractivity contribution in [2.45, 2.75) is 0 Å². The van der Waals surface area contributed by atoms with Gasteiger partial charge in [0.15, 0.2) is 0 Å². The molecule has 0 aliphatic carbocycles. The van der Waals surface area contributed by atoms with Gasteiger partial charge in [0.25, 0.3) is 5.91 Å². The third-order valence-corrected chi connectivity index (χ3v) is 5.88. The van der Waals surface area contributed by atoms with E-state index in [-0.39, 0.29) is 11.8 Å². The number of amides is 2. The van der Waals surface area contributed by atoms with E-state index < -0.39 is 0 Å². The van der Waals surface area contributed by atoms with Crippen LogP contribution >= 0.6 is 22.6 Å². The zero-order chi connectivity index (χ0) is 19.5. The van der Waals surface area contributed by atoms with Crippen molar-refractivity contribution in [2.75, 3.05) is 38.0 Å². The van der Waals surface area contributed by atoms with Gasteiger partial charge in [-0.1, -0.05) is 30.3 Å². The molecule has 28 heavy (non-hydrogen) atoms. The molecule has 0 unspecified atom stereocenters. The molecule has 2 amide bonds. The highest BCUT2D eigenvalue weighted by Gasteiger charge is 2.24. The summed E-state index contributed by atoms with van der Waals surface area (Å²) < 4.78 is 1.02. The highest BCUT2D eigenvalue weighted by atomic mass is 127.